The van der Waals surface area contributed by atoms with E-state index in [2.05, 4.69) is 65.4 Å². The minimum Gasteiger partial charge on any atom is -0.357 e. The summed E-state index contributed by atoms with van der Waals surface area (Å²) in [5.74, 6) is 2.05. The number of fused-ring (bicyclic) bond motifs is 1. The number of hydrogen-bond donors (Lipinski definition) is 1. The Morgan fingerprint density at radius 3 is 2.85 bits per heavy atom. The van der Waals surface area contributed by atoms with Gasteiger partial charge in [-0.05, 0) is 45.2 Å². The summed E-state index contributed by atoms with van der Waals surface area (Å²) in [4.78, 5) is 11.6. The van der Waals surface area contributed by atoms with Crippen LogP contribution in [-0.2, 0) is 6.54 Å². The number of aryl methyl sites for hydroxylation is 2. The van der Waals surface area contributed by atoms with E-state index < -0.39 is 0 Å². The van der Waals surface area contributed by atoms with Crippen molar-refractivity contribution in [2.75, 3.05) is 26.7 Å². The lowest BCUT2D eigenvalue weighted by Crippen LogP contribution is -2.39. The number of unbranched alkanes of at least 4 members (excludes halogenated alkanes) is 1. The van der Waals surface area contributed by atoms with E-state index in [1.165, 1.54) is 5.52 Å². The molecule has 1 heterocycles. The predicted molar refractivity (Wildman–Crippen MR) is 123 cm³/mol. The topological polar surface area (TPSA) is 45.5 Å². The quantitative estimate of drug-likeness (QED) is 0.197. The van der Waals surface area contributed by atoms with Gasteiger partial charge in [-0.3, -0.25) is 4.99 Å². The van der Waals surface area contributed by atoms with Crippen molar-refractivity contribution >= 4 is 41.0 Å². The summed E-state index contributed by atoms with van der Waals surface area (Å²) >= 11 is 0. The van der Waals surface area contributed by atoms with Gasteiger partial charge in [0.15, 0.2) is 5.96 Å². The number of imidazole rings is 1. The molecule has 2 aromatic rings. The van der Waals surface area contributed by atoms with E-state index in [0.717, 1.165) is 62.7 Å². The molecule has 6 heteroatoms. The SMILES string of the molecule is C=CCCCN(C)C(=NCCCn1c(C)nc2ccccc21)NCC.I. The van der Waals surface area contributed by atoms with Crippen LogP contribution in [0.5, 0.6) is 0 Å². The van der Waals surface area contributed by atoms with E-state index in [1.807, 2.05) is 12.1 Å². The van der Waals surface area contributed by atoms with Gasteiger partial charge in [-0.1, -0.05) is 18.2 Å². The predicted octanol–water partition coefficient (Wildman–Crippen LogP) is 4.22. The van der Waals surface area contributed by atoms with Gasteiger partial charge in [0.05, 0.1) is 11.0 Å². The first-order valence-electron chi connectivity index (χ1n) is 9.19. The number of aliphatic imine (C=N–C) groups is 1. The number of allylic oxidation sites excluding steroid dienone is 1. The Kier molecular flexibility index (Phi) is 10.3. The summed E-state index contributed by atoms with van der Waals surface area (Å²) in [6.45, 7) is 11.6. The summed E-state index contributed by atoms with van der Waals surface area (Å²) in [5.41, 5.74) is 2.27. The van der Waals surface area contributed by atoms with E-state index in [1.54, 1.807) is 0 Å². The van der Waals surface area contributed by atoms with Crippen molar-refractivity contribution in [3.05, 3.63) is 42.7 Å². The van der Waals surface area contributed by atoms with Crippen LogP contribution in [0.1, 0.15) is 32.0 Å². The van der Waals surface area contributed by atoms with E-state index >= 15 is 0 Å². The van der Waals surface area contributed by atoms with Crippen LogP contribution in [0.15, 0.2) is 41.9 Å². The number of benzene rings is 1. The van der Waals surface area contributed by atoms with Crippen molar-refractivity contribution in [1.82, 2.24) is 19.8 Å². The molecular weight excluding hydrogens is 437 g/mol. The fourth-order valence-electron chi connectivity index (χ4n) is 2.94. The van der Waals surface area contributed by atoms with Gasteiger partial charge in [0.1, 0.15) is 5.82 Å². The summed E-state index contributed by atoms with van der Waals surface area (Å²) in [6.07, 6.45) is 5.10. The second-order valence-electron chi connectivity index (χ2n) is 6.24. The molecule has 0 bridgehead atoms. The Hall–Kier alpha value is -1.57. The minimum atomic E-state index is 0. The number of nitrogens with one attached hydrogen (secondary N) is 1. The Labute approximate surface area is 174 Å². The van der Waals surface area contributed by atoms with Gasteiger partial charge in [-0.25, -0.2) is 4.98 Å². The second kappa shape index (κ2) is 11.9. The van der Waals surface area contributed by atoms with Gasteiger partial charge >= 0.3 is 0 Å². The van der Waals surface area contributed by atoms with Crippen molar-refractivity contribution in [1.29, 1.82) is 0 Å². The molecule has 0 amide bonds. The van der Waals surface area contributed by atoms with Gasteiger partial charge < -0.3 is 14.8 Å². The summed E-state index contributed by atoms with van der Waals surface area (Å²) in [7, 11) is 2.10. The smallest absolute Gasteiger partial charge is 0.193 e. The molecule has 0 saturated carbocycles. The first-order valence-corrected chi connectivity index (χ1v) is 9.19. The van der Waals surface area contributed by atoms with Gasteiger partial charge in [-0.15, -0.1) is 30.6 Å². The standard InChI is InChI=1S/C20H31N5.HI/c1-5-7-10-15-24(4)20(21-6-2)22-14-11-16-25-17(3)23-18-12-8-9-13-19(18)25;/h5,8-9,12-13H,1,6-7,10-11,14-16H2,2-4H3,(H,21,22);1H. The van der Waals surface area contributed by atoms with Gasteiger partial charge in [-0.2, -0.15) is 0 Å². The van der Waals surface area contributed by atoms with Crippen LogP contribution in [0.4, 0.5) is 0 Å². The zero-order valence-electron chi connectivity index (χ0n) is 16.2. The van der Waals surface area contributed by atoms with Crippen LogP contribution < -0.4 is 5.32 Å². The Bertz CT molecular complexity index is 707. The molecule has 0 spiro atoms. The monoisotopic (exact) mass is 469 g/mol. The van der Waals surface area contributed by atoms with Crippen molar-refractivity contribution in [2.24, 2.45) is 4.99 Å². The maximum atomic E-state index is 4.77. The molecule has 1 N–H and O–H groups in total. The van der Waals surface area contributed by atoms with E-state index in [9.17, 15) is 0 Å². The van der Waals surface area contributed by atoms with Gasteiger partial charge in [0.2, 0.25) is 0 Å². The molecule has 0 saturated heterocycles. The molecule has 0 radical (unpaired) electrons. The Morgan fingerprint density at radius 1 is 1.35 bits per heavy atom. The molecule has 26 heavy (non-hydrogen) atoms. The molecule has 0 aliphatic heterocycles. The number of aromatic nitrogens is 2. The van der Waals surface area contributed by atoms with Crippen molar-refractivity contribution in [3.63, 3.8) is 0 Å². The maximum absolute atomic E-state index is 4.77. The number of guanidine groups is 1. The summed E-state index contributed by atoms with van der Waals surface area (Å²) in [5, 5.41) is 3.37. The third-order valence-electron chi connectivity index (χ3n) is 4.25. The number of hydrogen-bond acceptors (Lipinski definition) is 2. The molecule has 2 rings (SSSR count). The van der Waals surface area contributed by atoms with Crippen molar-refractivity contribution < 1.29 is 0 Å². The Balaban J connectivity index is 0.00000338. The van der Waals surface area contributed by atoms with Gasteiger partial charge in [0.25, 0.3) is 0 Å². The molecule has 5 nitrogen and oxygen atoms in total. The number of nitrogens with zero attached hydrogens (tertiary/aromatic N) is 4. The zero-order chi connectivity index (χ0) is 18.1. The molecular formula is C20H32IN5. The zero-order valence-corrected chi connectivity index (χ0v) is 18.6. The lowest BCUT2D eigenvalue weighted by atomic mass is 10.3. The molecule has 0 unspecified atom stereocenters. The van der Waals surface area contributed by atoms with Crippen LogP contribution in [0, 0.1) is 6.92 Å². The van der Waals surface area contributed by atoms with Crippen LogP contribution in [0.3, 0.4) is 0 Å². The average molecular weight is 469 g/mol. The van der Waals surface area contributed by atoms with Crippen molar-refractivity contribution in [3.8, 4) is 0 Å². The highest BCUT2D eigenvalue weighted by molar-refractivity contribution is 14.0. The molecule has 0 atom stereocenters. The largest absolute Gasteiger partial charge is 0.357 e. The fourth-order valence-corrected chi connectivity index (χ4v) is 2.94. The fraction of sp³-hybridized carbons (Fsp3) is 0.500. The average Bonchev–Trinajstić information content (AvgIpc) is 2.93. The van der Waals surface area contributed by atoms with Crippen LogP contribution >= 0.6 is 24.0 Å². The lowest BCUT2D eigenvalue weighted by molar-refractivity contribution is 0.469. The number of rotatable bonds is 9. The molecule has 0 aliphatic rings. The molecule has 1 aromatic carbocycles. The highest BCUT2D eigenvalue weighted by Gasteiger charge is 2.07. The highest BCUT2D eigenvalue weighted by Crippen LogP contribution is 2.15. The van der Waals surface area contributed by atoms with Crippen LogP contribution in [0.25, 0.3) is 11.0 Å². The van der Waals surface area contributed by atoms with Crippen LogP contribution in [-0.4, -0.2) is 47.1 Å². The highest BCUT2D eigenvalue weighted by atomic mass is 127. The molecule has 144 valence electrons. The minimum absolute atomic E-state index is 0. The number of para-hydroxylation sites is 2. The normalized spacial score (nSPS) is 11.3. The number of halogens is 1. The third kappa shape index (κ3) is 6.30. The summed E-state index contributed by atoms with van der Waals surface area (Å²) in [6, 6.07) is 8.31. The molecule has 0 aliphatic carbocycles. The van der Waals surface area contributed by atoms with E-state index in [-0.39, 0.29) is 24.0 Å². The summed E-state index contributed by atoms with van der Waals surface area (Å²) < 4.78 is 2.28. The lowest BCUT2D eigenvalue weighted by Gasteiger charge is -2.21. The van der Waals surface area contributed by atoms with Crippen molar-refractivity contribution in [2.45, 2.75) is 39.7 Å². The molecule has 0 fully saturated rings. The third-order valence-corrected chi connectivity index (χ3v) is 4.25. The first kappa shape index (κ1) is 22.5. The van der Waals surface area contributed by atoms with Gasteiger partial charge in [0, 0.05) is 33.2 Å². The maximum Gasteiger partial charge on any atom is 0.193 e. The molecule has 1 aromatic heterocycles. The second-order valence-corrected chi connectivity index (χ2v) is 6.24. The van der Waals surface area contributed by atoms with E-state index in [0.29, 0.717) is 0 Å². The first-order chi connectivity index (χ1) is 12.2. The van der Waals surface area contributed by atoms with E-state index in [4.69, 9.17) is 4.99 Å². The Morgan fingerprint density at radius 2 is 2.12 bits per heavy atom. The van der Waals surface area contributed by atoms with Crippen LogP contribution in [0.2, 0.25) is 0 Å².